The van der Waals surface area contributed by atoms with Gasteiger partial charge in [-0.2, -0.15) is 0 Å². The molecular formula is C16H25NOS. The molecule has 0 heterocycles. The van der Waals surface area contributed by atoms with E-state index in [4.69, 9.17) is 5.73 Å². The van der Waals surface area contributed by atoms with Crippen molar-refractivity contribution < 1.29 is 4.21 Å². The molecule has 1 fully saturated rings. The predicted octanol–water partition coefficient (Wildman–Crippen LogP) is 3.15. The molecule has 0 aliphatic heterocycles. The molecule has 106 valence electrons. The van der Waals surface area contributed by atoms with Gasteiger partial charge in [-0.3, -0.25) is 4.21 Å². The lowest BCUT2D eigenvalue weighted by molar-refractivity contribution is 0.473. The molecule has 2 nitrogen and oxygen atoms in total. The highest BCUT2D eigenvalue weighted by atomic mass is 32.2. The second-order valence-corrected chi connectivity index (χ2v) is 7.34. The summed E-state index contributed by atoms with van der Waals surface area (Å²) in [5, 5.41) is 0.299. The Hall–Kier alpha value is -0.670. The van der Waals surface area contributed by atoms with Gasteiger partial charge in [0, 0.05) is 21.8 Å². The molecule has 1 aliphatic carbocycles. The van der Waals surface area contributed by atoms with Crippen LogP contribution in [0.1, 0.15) is 43.2 Å². The standard InChI is InChI=1S/C16H25NOS/c1-13-6-5-7-14(10-13)12-19(18)16-9-4-2-3-8-15(16)11-17/h5-7,10,15-16H,2-4,8-9,11-12,17H2,1H3. The van der Waals surface area contributed by atoms with Gasteiger partial charge in [-0.1, -0.05) is 49.1 Å². The number of aryl methyl sites for hydroxylation is 1. The van der Waals surface area contributed by atoms with Crippen molar-refractivity contribution in [2.45, 2.75) is 50.0 Å². The molecule has 0 saturated heterocycles. The van der Waals surface area contributed by atoms with Crippen molar-refractivity contribution in [1.29, 1.82) is 0 Å². The molecule has 0 amide bonds. The first-order valence-corrected chi connectivity index (χ1v) is 8.71. The third-order valence-corrected chi connectivity index (χ3v) is 6.03. The van der Waals surface area contributed by atoms with Gasteiger partial charge in [-0.25, -0.2) is 0 Å². The van der Waals surface area contributed by atoms with Crippen LogP contribution in [0.2, 0.25) is 0 Å². The van der Waals surface area contributed by atoms with E-state index in [1.807, 2.05) is 0 Å². The summed E-state index contributed by atoms with van der Waals surface area (Å²) in [6.45, 7) is 2.77. The van der Waals surface area contributed by atoms with E-state index in [1.165, 1.54) is 30.4 Å². The van der Waals surface area contributed by atoms with Gasteiger partial charge in [0.15, 0.2) is 0 Å². The highest BCUT2D eigenvalue weighted by molar-refractivity contribution is 7.84. The van der Waals surface area contributed by atoms with Gasteiger partial charge in [-0.05, 0) is 37.8 Å². The number of hydrogen-bond acceptors (Lipinski definition) is 2. The molecule has 3 unspecified atom stereocenters. The zero-order chi connectivity index (χ0) is 13.7. The van der Waals surface area contributed by atoms with Gasteiger partial charge in [0.1, 0.15) is 0 Å². The van der Waals surface area contributed by atoms with E-state index in [2.05, 4.69) is 31.2 Å². The lowest BCUT2D eigenvalue weighted by atomic mass is 10.0. The minimum absolute atomic E-state index is 0.299. The third kappa shape index (κ3) is 4.15. The molecule has 1 aromatic carbocycles. The quantitative estimate of drug-likeness (QED) is 0.860. The van der Waals surface area contributed by atoms with E-state index < -0.39 is 10.8 Å². The molecular weight excluding hydrogens is 254 g/mol. The summed E-state index contributed by atoms with van der Waals surface area (Å²) in [5.41, 5.74) is 8.32. The van der Waals surface area contributed by atoms with Gasteiger partial charge in [0.2, 0.25) is 0 Å². The van der Waals surface area contributed by atoms with Gasteiger partial charge < -0.3 is 5.73 Å². The van der Waals surface area contributed by atoms with E-state index >= 15 is 0 Å². The Balaban J connectivity index is 2.04. The molecule has 0 spiro atoms. The summed E-state index contributed by atoms with van der Waals surface area (Å²) in [6, 6.07) is 8.36. The Labute approximate surface area is 119 Å². The van der Waals surface area contributed by atoms with Crippen molar-refractivity contribution in [1.82, 2.24) is 0 Å². The topological polar surface area (TPSA) is 43.1 Å². The summed E-state index contributed by atoms with van der Waals surface area (Å²) in [5.74, 6) is 1.14. The summed E-state index contributed by atoms with van der Waals surface area (Å²) in [6.07, 6.45) is 5.97. The fraction of sp³-hybridized carbons (Fsp3) is 0.625. The van der Waals surface area contributed by atoms with Crippen molar-refractivity contribution in [3.8, 4) is 0 Å². The maximum absolute atomic E-state index is 12.7. The minimum atomic E-state index is -0.787. The van der Waals surface area contributed by atoms with E-state index in [-0.39, 0.29) is 0 Å². The first-order chi connectivity index (χ1) is 9.20. The largest absolute Gasteiger partial charge is 0.330 e. The number of nitrogens with two attached hydrogens (primary N) is 1. The molecule has 19 heavy (non-hydrogen) atoms. The van der Waals surface area contributed by atoms with Gasteiger partial charge in [0.25, 0.3) is 0 Å². The van der Waals surface area contributed by atoms with Crippen LogP contribution in [0.15, 0.2) is 24.3 Å². The molecule has 0 radical (unpaired) electrons. The van der Waals surface area contributed by atoms with Crippen LogP contribution >= 0.6 is 0 Å². The van der Waals surface area contributed by atoms with Gasteiger partial charge in [-0.15, -0.1) is 0 Å². The van der Waals surface area contributed by atoms with E-state index in [9.17, 15) is 4.21 Å². The second-order valence-electron chi connectivity index (χ2n) is 5.69. The van der Waals surface area contributed by atoms with E-state index in [0.717, 1.165) is 12.8 Å². The van der Waals surface area contributed by atoms with E-state index in [1.54, 1.807) is 0 Å². The lowest BCUT2D eigenvalue weighted by Crippen LogP contribution is -2.31. The smallest absolute Gasteiger partial charge is 0.0488 e. The van der Waals surface area contributed by atoms with E-state index in [0.29, 0.717) is 23.5 Å². The molecule has 1 saturated carbocycles. The average molecular weight is 279 g/mol. The summed E-state index contributed by atoms with van der Waals surface area (Å²) < 4.78 is 12.7. The Morgan fingerprint density at radius 3 is 2.79 bits per heavy atom. The minimum Gasteiger partial charge on any atom is -0.330 e. The predicted molar refractivity (Wildman–Crippen MR) is 82.4 cm³/mol. The molecule has 0 aromatic heterocycles. The molecule has 2 rings (SSSR count). The Morgan fingerprint density at radius 2 is 2.05 bits per heavy atom. The van der Waals surface area contributed by atoms with Crippen LogP contribution in [-0.4, -0.2) is 16.0 Å². The highest BCUT2D eigenvalue weighted by Gasteiger charge is 2.27. The van der Waals surface area contributed by atoms with Crippen LogP contribution in [0.4, 0.5) is 0 Å². The fourth-order valence-electron chi connectivity index (χ4n) is 3.04. The fourth-order valence-corrected chi connectivity index (χ4v) is 4.87. The number of hydrogen-bond donors (Lipinski definition) is 1. The van der Waals surface area contributed by atoms with Crippen molar-refractivity contribution in [3.63, 3.8) is 0 Å². The van der Waals surface area contributed by atoms with Crippen LogP contribution in [0, 0.1) is 12.8 Å². The number of rotatable bonds is 4. The summed E-state index contributed by atoms with van der Waals surface area (Å²) in [7, 11) is -0.787. The molecule has 1 aliphatic rings. The Bertz CT molecular complexity index is 433. The zero-order valence-electron chi connectivity index (χ0n) is 11.8. The normalized spacial score (nSPS) is 25.8. The van der Waals surface area contributed by atoms with Crippen LogP contribution < -0.4 is 5.73 Å². The van der Waals surface area contributed by atoms with Gasteiger partial charge in [0.05, 0.1) is 0 Å². The Morgan fingerprint density at radius 1 is 1.26 bits per heavy atom. The molecule has 0 bridgehead atoms. The van der Waals surface area contributed by atoms with Crippen molar-refractivity contribution in [3.05, 3.63) is 35.4 Å². The molecule has 3 atom stereocenters. The third-order valence-electron chi connectivity index (χ3n) is 4.12. The molecule has 1 aromatic rings. The van der Waals surface area contributed by atoms with Crippen LogP contribution in [0.3, 0.4) is 0 Å². The molecule has 3 heteroatoms. The first-order valence-electron chi connectivity index (χ1n) is 7.33. The van der Waals surface area contributed by atoms with Gasteiger partial charge >= 0.3 is 0 Å². The maximum atomic E-state index is 12.7. The van der Waals surface area contributed by atoms with Crippen LogP contribution in [0.5, 0.6) is 0 Å². The average Bonchev–Trinajstić information content (AvgIpc) is 2.63. The SMILES string of the molecule is Cc1cccc(CS(=O)C2CCCCCC2CN)c1. The first kappa shape index (κ1) is 14.7. The molecule has 2 N–H and O–H groups in total. The number of benzene rings is 1. The second kappa shape index (κ2) is 7.20. The zero-order valence-corrected chi connectivity index (χ0v) is 12.6. The van der Waals surface area contributed by atoms with Crippen molar-refractivity contribution in [2.24, 2.45) is 11.7 Å². The van der Waals surface area contributed by atoms with Crippen molar-refractivity contribution >= 4 is 10.8 Å². The lowest BCUT2D eigenvalue weighted by Gasteiger charge is -2.23. The van der Waals surface area contributed by atoms with Crippen LogP contribution in [0.25, 0.3) is 0 Å². The monoisotopic (exact) mass is 279 g/mol. The summed E-state index contributed by atoms with van der Waals surface area (Å²) >= 11 is 0. The van der Waals surface area contributed by atoms with Crippen molar-refractivity contribution in [2.75, 3.05) is 6.54 Å². The Kier molecular flexibility index (Phi) is 5.59. The van der Waals surface area contributed by atoms with Crippen LogP contribution in [-0.2, 0) is 16.6 Å². The summed E-state index contributed by atoms with van der Waals surface area (Å²) in [4.78, 5) is 0. The maximum Gasteiger partial charge on any atom is 0.0488 e. The highest BCUT2D eigenvalue weighted by Crippen LogP contribution is 2.28.